The van der Waals surface area contributed by atoms with Gasteiger partial charge in [-0.25, -0.2) is 4.98 Å². The van der Waals surface area contributed by atoms with Gasteiger partial charge in [-0.2, -0.15) is 5.10 Å². The lowest BCUT2D eigenvalue weighted by molar-refractivity contribution is 0.0950. The first kappa shape index (κ1) is 14.0. The van der Waals surface area contributed by atoms with Gasteiger partial charge in [0.15, 0.2) is 0 Å². The maximum Gasteiger partial charge on any atom is 0.251 e. The normalized spacial score (nSPS) is 10.3. The summed E-state index contributed by atoms with van der Waals surface area (Å²) in [6, 6.07) is 3.55. The first-order valence-corrected chi connectivity index (χ1v) is 6.67. The van der Waals surface area contributed by atoms with E-state index in [1.165, 1.54) is 0 Å². The lowest BCUT2D eigenvalue weighted by Gasteiger charge is -2.08. The number of anilines is 1. The molecule has 6 heteroatoms. The molecule has 106 valence electrons. The zero-order chi connectivity index (χ0) is 14.4. The first-order valence-electron chi connectivity index (χ1n) is 6.67. The number of carbonyl (C=O) groups is 1. The minimum Gasteiger partial charge on any atom is -0.370 e. The van der Waals surface area contributed by atoms with E-state index < -0.39 is 0 Å². The number of H-pyrrole nitrogens is 1. The average Bonchev–Trinajstić information content (AvgIpc) is 2.95. The summed E-state index contributed by atoms with van der Waals surface area (Å²) in [5.74, 6) is 0.622. The van der Waals surface area contributed by atoms with Crippen molar-refractivity contribution in [3.63, 3.8) is 0 Å². The van der Waals surface area contributed by atoms with Crippen LogP contribution in [-0.4, -0.2) is 27.6 Å². The zero-order valence-electron chi connectivity index (χ0n) is 11.7. The Hall–Kier alpha value is -2.37. The molecule has 0 aliphatic heterocycles. The number of pyridine rings is 1. The average molecular weight is 273 g/mol. The molecule has 0 saturated heterocycles. The van der Waals surface area contributed by atoms with E-state index in [0.717, 1.165) is 30.0 Å². The number of aromatic nitrogens is 3. The van der Waals surface area contributed by atoms with Crippen LogP contribution in [0.2, 0.25) is 0 Å². The molecule has 1 amide bonds. The van der Waals surface area contributed by atoms with Gasteiger partial charge >= 0.3 is 0 Å². The molecule has 0 aromatic carbocycles. The summed E-state index contributed by atoms with van der Waals surface area (Å²) in [6.45, 7) is 5.26. The molecule has 0 fully saturated rings. The molecule has 0 radical (unpaired) electrons. The van der Waals surface area contributed by atoms with E-state index in [2.05, 4.69) is 32.7 Å². The number of nitrogens with one attached hydrogen (secondary N) is 3. The van der Waals surface area contributed by atoms with Crippen molar-refractivity contribution in [2.24, 2.45) is 0 Å². The molecule has 0 atom stereocenters. The topological polar surface area (TPSA) is 82.7 Å². The van der Waals surface area contributed by atoms with Crippen molar-refractivity contribution in [3.8, 4) is 0 Å². The molecule has 0 unspecified atom stereocenters. The van der Waals surface area contributed by atoms with Gasteiger partial charge in [-0.3, -0.25) is 9.89 Å². The fraction of sp³-hybridized carbons (Fsp3) is 0.357. The Morgan fingerprint density at radius 1 is 1.40 bits per heavy atom. The molecule has 2 aromatic rings. The van der Waals surface area contributed by atoms with E-state index in [4.69, 9.17) is 0 Å². The van der Waals surface area contributed by atoms with Crippen LogP contribution in [-0.2, 0) is 6.54 Å². The lowest BCUT2D eigenvalue weighted by Crippen LogP contribution is -2.23. The number of carbonyl (C=O) groups excluding carboxylic acids is 1. The van der Waals surface area contributed by atoms with Crippen LogP contribution < -0.4 is 10.6 Å². The molecule has 0 saturated carbocycles. The third kappa shape index (κ3) is 3.81. The molecule has 0 aliphatic carbocycles. The number of aryl methyl sites for hydroxylation is 1. The molecule has 3 N–H and O–H groups in total. The Morgan fingerprint density at radius 3 is 2.95 bits per heavy atom. The van der Waals surface area contributed by atoms with Crippen LogP contribution >= 0.6 is 0 Å². The Balaban J connectivity index is 2.02. The smallest absolute Gasteiger partial charge is 0.251 e. The van der Waals surface area contributed by atoms with Crippen LogP contribution in [0.3, 0.4) is 0 Å². The Bertz CT molecular complexity index is 565. The molecule has 0 spiro atoms. The summed E-state index contributed by atoms with van der Waals surface area (Å²) in [5, 5.41) is 12.6. The van der Waals surface area contributed by atoms with Crippen LogP contribution in [0.4, 0.5) is 5.82 Å². The Kier molecular flexibility index (Phi) is 4.70. The first-order chi connectivity index (χ1) is 9.69. The molecular formula is C14H19N5O. The highest BCUT2D eigenvalue weighted by Crippen LogP contribution is 2.10. The van der Waals surface area contributed by atoms with E-state index in [-0.39, 0.29) is 5.91 Å². The number of nitrogens with zero attached hydrogens (tertiary/aromatic N) is 2. The highest BCUT2D eigenvalue weighted by molar-refractivity contribution is 5.94. The van der Waals surface area contributed by atoms with Gasteiger partial charge < -0.3 is 10.6 Å². The van der Waals surface area contributed by atoms with Crippen LogP contribution in [0.1, 0.15) is 35.0 Å². The second-order valence-corrected chi connectivity index (χ2v) is 4.60. The van der Waals surface area contributed by atoms with Crippen molar-refractivity contribution in [1.82, 2.24) is 20.5 Å². The van der Waals surface area contributed by atoms with E-state index >= 15 is 0 Å². The zero-order valence-corrected chi connectivity index (χ0v) is 11.7. The second-order valence-electron chi connectivity index (χ2n) is 4.60. The minimum absolute atomic E-state index is 0.115. The molecule has 0 aliphatic rings. The van der Waals surface area contributed by atoms with Gasteiger partial charge in [0, 0.05) is 36.1 Å². The van der Waals surface area contributed by atoms with E-state index in [1.807, 2.05) is 6.92 Å². The minimum atomic E-state index is -0.115. The Labute approximate surface area is 118 Å². The molecule has 6 nitrogen and oxygen atoms in total. The maximum atomic E-state index is 12.1. The van der Waals surface area contributed by atoms with Crippen molar-refractivity contribution in [2.75, 3.05) is 11.9 Å². The third-order valence-corrected chi connectivity index (χ3v) is 2.78. The van der Waals surface area contributed by atoms with Crippen molar-refractivity contribution < 1.29 is 4.79 Å². The predicted octanol–water partition coefficient (Wildman–Crippen LogP) is 1.87. The predicted molar refractivity (Wildman–Crippen MR) is 77.5 cm³/mol. The van der Waals surface area contributed by atoms with Gasteiger partial charge in [-0.05, 0) is 25.5 Å². The van der Waals surface area contributed by atoms with Gasteiger partial charge in [0.25, 0.3) is 5.91 Å². The molecule has 0 bridgehead atoms. The lowest BCUT2D eigenvalue weighted by atomic mass is 10.2. The Morgan fingerprint density at radius 2 is 2.25 bits per heavy atom. The summed E-state index contributed by atoms with van der Waals surface area (Å²) in [6.07, 6.45) is 4.45. The molecule has 2 rings (SSSR count). The van der Waals surface area contributed by atoms with Crippen LogP contribution in [0.5, 0.6) is 0 Å². The number of amides is 1. The summed E-state index contributed by atoms with van der Waals surface area (Å²) < 4.78 is 0. The van der Waals surface area contributed by atoms with E-state index in [9.17, 15) is 4.79 Å². The standard InChI is InChI=1S/C14H19N5O/c1-3-4-15-13-6-12(5-10(2)19-13)14(20)16-7-11-8-17-18-9-11/h5-6,8-9H,3-4,7H2,1-2H3,(H,15,19)(H,16,20)(H,17,18). The van der Waals surface area contributed by atoms with Crippen LogP contribution in [0.25, 0.3) is 0 Å². The molecule has 2 heterocycles. The van der Waals surface area contributed by atoms with Gasteiger partial charge in [0.05, 0.1) is 6.20 Å². The number of aromatic amines is 1. The third-order valence-electron chi connectivity index (χ3n) is 2.78. The fourth-order valence-corrected chi connectivity index (χ4v) is 1.80. The highest BCUT2D eigenvalue weighted by atomic mass is 16.1. The van der Waals surface area contributed by atoms with Crippen LogP contribution in [0, 0.1) is 6.92 Å². The molecule has 20 heavy (non-hydrogen) atoms. The number of rotatable bonds is 6. The maximum absolute atomic E-state index is 12.1. The van der Waals surface area contributed by atoms with E-state index in [1.54, 1.807) is 24.5 Å². The van der Waals surface area contributed by atoms with Gasteiger partial charge in [0.1, 0.15) is 5.82 Å². The quantitative estimate of drug-likeness (QED) is 0.750. The van der Waals surface area contributed by atoms with Crippen molar-refractivity contribution >= 4 is 11.7 Å². The van der Waals surface area contributed by atoms with Gasteiger partial charge in [-0.15, -0.1) is 0 Å². The number of hydrogen-bond donors (Lipinski definition) is 3. The van der Waals surface area contributed by atoms with Crippen molar-refractivity contribution in [2.45, 2.75) is 26.8 Å². The van der Waals surface area contributed by atoms with Crippen LogP contribution in [0.15, 0.2) is 24.5 Å². The molecule has 2 aromatic heterocycles. The fourth-order valence-electron chi connectivity index (χ4n) is 1.80. The molecular weight excluding hydrogens is 254 g/mol. The van der Waals surface area contributed by atoms with Crippen molar-refractivity contribution in [1.29, 1.82) is 0 Å². The monoisotopic (exact) mass is 273 g/mol. The summed E-state index contributed by atoms with van der Waals surface area (Å²) in [7, 11) is 0. The SMILES string of the molecule is CCCNc1cc(C(=O)NCc2cn[nH]c2)cc(C)n1. The largest absolute Gasteiger partial charge is 0.370 e. The second kappa shape index (κ2) is 6.70. The van der Waals surface area contributed by atoms with Gasteiger partial charge in [0.2, 0.25) is 0 Å². The highest BCUT2D eigenvalue weighted by Gasteiger charge is 2.08. The van der Waals surface area contributed by atoms with E-state index in [0.29, 0.717) is 12.1 Å². The van der Waals surface area contributed by atoms with Gasteiger partial charge in [-0.1, -0.05) is 6.92 Å². The summed E-state index contributed by atoms with van der Waals surface area (Å²) >= 11 is 0. The van der Waals surface area contributed by atoms with Crippen molar-refractivity contribution in [3.05, 3.63) is 41.3 Å². The summed E-state index contributed by atoms with van der Waals surface area (Å²) in [5.41, 5.74) is 2.37. The summed E-state index contributed by atoms with van der Waals surface area (Å²) in [4.78, 5) is 16.5. The number of hydrogen-bond acceptors (Lipinski definition) is 4.